The number of carbonyl (C=O) groups is 1. The molecule has 1 N–H and O–H groups in total. The number of fused-ring (bicyclic) bond motifs is 1. The van der Waals surface area contributed by atoms with Gasteiger partial charge >= 0.3 is 0 Å². The predicted molar refractivity (Wildman–Crippen MR) is 74.0 cm³/mol. The third kappa shape index (κ3) is 2.39. The molecule has 0 saturated carbocycles. The summed E-state index contributed by atoms with van der Waals surface area (Å²) in [6.07, 6.45) is 0. The van der Waals surface area contributed by atoms with Crippen LogP contribution >= 0.6 is 0 Å². The number of carbonyl (C=O) groups excluding carboxylic acids is 1. The lowest BCUT2D eigenvalue weighted by Gasteiger charge is -2.32. The topological polar surface area (TPSA) is 53.9 Å². The molecule has 5 heteroatoms. The van der Waals surface area contributed by atoms with Gasteiger partial charge in [0.1, 0.15) is 6.04 Å². The molecule has 2 aliphatic heterocycles. The van der Waals surface area contributed by atoms with E-state index < -0.39 is 0 Å². The summed E-state index contributed by atoms with van der Waals surface area (Å²) in [5.41, 5.74) is 2.44. The average Bonchev–Trinajstić information content (AvgIpc) is 2.54. The van der Waals surface area contributed by atoms with Gasteiger partial charge in [-0.2, -0.15) is 0 Å². The normalized spacial score (nSPS) is 24.2. The highest BCUT2D eigenvalue weighted by molar-refractivity contribution is 6.15. The first-order valence-electron chi connectivity index (χ1n) is 6.52. The minimum Gasteiger partial charge on any atom is -0.379 e. The molecule has 2 heterocycles. The van der Waals surface area contributed by atoms with E-state index in [-0.39, 0.29) is 11.9 Å². The summed E-state index contributed by atoms with van der Waals surface area (Å²) in [7, 11) is 0. The van der Waals surface area contributed by atoms with Crippen molar-refractivity contribution in [2.75, 3.05) is 31.6 Å². The van der Waals surface area contributed by atoms with Crippen LogP contribution in [0, 0.1) is 0 Å². The van der Waals surface area contributed by atoms with Gasteiger partial charge in [0, 0.05) is 18.8 Å². The molecule has 1 aromatic rings. The smallest absolute Gasteiger partial charge is 0.247 e. The Labute approximate surface area is 112 Å². The van der Waals surface area contributed by atoms with Gasteiger partial charge in [0.05, 0.1) is 24.6 Å². The van der Waals surface area contributed by atoms with Gasteiger partial charge in [-0.15, -0.1) is 0 Å². The highest BCUT2D eigenvalue weighted by atomic mass is 16.5. The highest BCUT2D eigenvalue weighted by Crippen LogP contribution is 2.28. The molecule has 0 radical (unpaired) electrons. The molecule has 1 amide bonds. The number of hydrogen-bond donors (Lipinski definition) is 1. The fourth-order valence-electron chi connectivity index (χ4n) is 2.58. The molecule has 19 heavy (non-hydrogen) atoms. The zero-order valence-electron chi connectivity index (χ0n) is 10.9. The van der Waals surface area contributed by atoms with E-state index in [2.05, 4.69) is 15.2 Å². The van der Waals surface area contributed by atoms with Crippen molar-refractivity contribution in [3.63, 3.8) is 0 Å². The molecule has 1 atom stereocenters. The van der Waals surface area contributed by atoms with Crippen LogP contribution in [0.1, 0.15) is 6.92 Å². The lowest BCUT2D eigenvalue weighted by Crippen LogP contribution is -2.52. The minimum absolute atomic E-state index is 0.00639. The van der Waals surface area contributed by atoms with Crippen molar-refractivity contribution in [3.8, 4) is 0 Å². The van der Waals surface area contributed by atoms with Crippen molar-refractivity contribution in [1.29, 1.82) is 0 Å². The van der Waals surface area contributed by atoms with Gasteiger partial charge in [0.2, 0.25) is 5.91 Å². The monoisotopic (exact) mass is 259 g/mol. The number of ether oxygens (including phenoxy) is 1. The van der Waals surface area contributed by atoms with E-state index in [0.717, 1.165) is 30.2 Å². The third-order valence-corrected chi connectivity index (χ3v) is 3.51. The molecule has 1 aromatic carbocycles. The van der Waals surface area contributed by atoms with E-state index in [1.54, 1.807) is 0 Å². The second-order valence-corrected chi connectivity index (χ2v) is 4.81. The Morgan fingerprint density at radius 2 is 2.05 bits per heavy atom. The molecule has 100 valence electrons. The second kappa shape index (κ2) is 5.11. The van der Waals surface area contributed by atoms with Gasteiger partial charge in [-0.05, 0) is 19.1 Å². The van der Waals surface area contributed by atoms with Gasteiger partial charge in [-0.3, -0.25) is 14.7 Å². The molecule has 0 aromatic heterocycles. The van der Waals surface area contributed by atoms with E-state index in [9.17, 15) is 4.79 Å². The van der Waals surface area contributed by atoms with E-state index in [4.69, 9.17) is 4.74 Å². The summed E-state index contributed by atoms with van der Waals surface area (Å²) >= 11 is 0. The fraction of sp³-hybridized carbons (Fsp3) is 0.429. The quantitative estimate of drug-likeness (QED) is 0.830. The Balaban J connectivity index is 1.93. The van der Waals surface area contributed by atoms with E-state index in [0.29, 0.717) is 13.2 Å². The molecule has 2 aliphatic rings. The summed E-state index contributed by atoms with van der Waals surface area (Å²) in [6, 6.07) is 7.33. The van der Waals surface area contributed by atoms with Crippen LogP contribution in [0.25, 0.3) is 0 Å². The number of anilines is 1. The molecule has 3 rings (SSSR count). The maximum Gasteiger partial charge on any atom is 0.247 e. The van der Waals surface area contributed by atoms with E-state index in [1.165, 1.54) is 0 Å². The Bertz CT molecular complexity index is 521. The standard InChI is InChI=1S/C14H17N3O2/c1-10-13(17-6-8-19-9-7-17)14(18)16-12-5-3-2-4-11(12)15-10/h2-5,13H,6-9H2,1H3,(H,16,18). The molecule has 1 saturated heterocycles. The maximum atomic E-state index is 12.4. The Kier molecular flexibility index (Phi) is 3.31. The molecule has 1 unspecified atom stereocenters. The third-order valence-electron chi connectivity index (χ3n) is 3.51. The van der Waals surface area contributed by atoms with Crippen LogP contribution < -0.4 is 5.32 Å². The van der Waals surface area contributed by atoms with Crippen LogP contribution in [-0.2, 0) is 9.53 Å². The first kappa shape index (κ1) is 12.3. The number of aliphatic imine (C=N–C) groups is 1. The van der Waals surface area contributed by atoms with Crippen molar-refractivity contribution < 1.29 is 9.53 Å². The van der Waals surface area contributed by atoms with Gasteiger partial charge in [0.25, 0.3) is 0 Å². The van der Waals surface area contributed by atoms with Crippen LogP contribution in [0.4, 0.5) is 11.4 Å². The number of rotatable bonds is 1. The lowest BCUT2D eigenvalue weighted by molar-refractivity contribution is -0.120. The first-order chi connectivity index (χ1) is 9.25. The second-order valence-electron chi connectivity index (χ2n) is 4.81. The molecule has 0 aliphatic carbocycles. The van der Waals surface area contributed by atoms with Crippen molar-refractivity contribution >= 4 is 23.0 Å². The highest BCUT2D eigenvalue weighted by Gasteiger charge is 2.32. The first-order valence-corrected chi connectivity index (χ1v) is 6.52. The van der Waals surface area contributed by atoms with Crippen LogP contribution in [-0.4, -0.2) is 48.9 Å². The van der Waals surface area contributed by atoms with Gasteiger partial charge in [-0.1, -0.05) is 12.1 Å². The number of amides is 1. The summed E-state index contributed by atoms with van der Waals surface area (Å²) in [6.45, 7) is 4.79. The average molecular weight is 259 g/mol. The zero-order chi connectivity index (χ0) is 13.2. The molecule has 0 bridgehead atoms. The molecular weight excluding hydrogens is 242 g/mol. The molecule has 0 spiro atoms. The zero-order valence-corrected chi connectivity index (χ0v) is 10.9. The van der Waals surface area contributed by atoms with Gasteiger partial charge in [-0.25, -0.2) is 0 Å². The van der Waals surface area contributed by atoms with Crippen LogP contribution in [0.15, 0.2) is 29.3 Å². The lowest BCUT2D eigenvalue weighted by atomic mass is 10.1. The van der Waals surface area contributed by atoms with Crippen molar-refractivity contribution in [2.45, 2.75) is 13.0 Å². The number of nitrogens with zero attached hydrogens (tertiary/aromatic N) is 2. The summed E-state index contributed by atoms with van der Waals surface area (Å²) in [4.78, 5) is 19.1. The number of benzene rings is 1. The summed E-state index contributed by atoms with van der Waals surface area (Å²) in [5, 5.41) is 2.96. The maximum absolute atomic E-state index is 12.4. The van der Waals surface area contributed by atoms with Crippen molar-refractivity contribution in [3.05, 3.63) is 24.3 Å². The van der Waals surface area contributed by atoms with Crippen LogP contribution in [0.2, 0.25) is 0 Å². The van der Waals surface area contributed by atoms with Crippen LogP contribution in [0.5, 0.6) is 0 Å². The summed E-state index contributed by atoms with van der Waals surface area (Å²) < 4.78 is 5.34. The SMILES string of the molecule is CC1=Nc2ccccc2NC(=O)C1N1CCOCC1. The Morgan fingerprint density at radius 1 is 1.32 bits per heavy atom. The van der Waals surface area contributed by atoms with Crippen molar-refractivity contribution in [2.24, 2.45) is 4.99 Å². The molecule has 5 nitrogen and oxygen atoms in total. The largest absolute Gasteiger partial charge is 0.379 e. The fourth-order valence-corrected chi connectivity index (χ4v) is 2.58. The number of hydrogen-bond acceptors (Lipinski definition) is 4. The van der Waals surface area contributed by atoms with Crippen LogP contribution in [0.3, 0.4) is 0 Å². The summed E-state index contributed by atoms with van der Waals surface area (Å²) in [5.74, 6) is -0.00639. The predicted octanol–water partition coefficient (Wildman–Crippen LogP) is 1.43. The Hall–Kier alpha value is -1.72. The van der Waals surface area contributed by atoms with Gasteiger partial charge in [0.15, 0.2) is 0 Å². The van der Waals surface area contributed by atoms with E-state index >= 15 is 0 Å². The van der Waals surface area contributed by atoms with E-state index in [1.807, 2.05) is 31.2 Å². The van der Waals surface area contributed by atoms with Gasteiger partial charge < -0.3 is 10.1 Å². The molecule has 1 fully saturated rings. The minimum atomic E-state index is -0.295. The number of nitrogens with one attached hydrogen (secondary N) is 1. The Morgan fingerprint density at radius 3 is 2.84 bits per heavy atom. The number of morpholine rings is 1. The number of para-hydroxylation sites is 2. The molecular formula is C14H17N3O2. The van der Waals surface area contributed by atoms with Crippen molar-refractivity contribution in [1.82, 2.24) is 4.90 Å².